The SMILES string of the molecule is CNC(=O)[C@@H](CCSC)NC(C)=O. The Hall–Kier alpha value is -0.710. The Balaban J connectivity index is 4.02. The summed E-state index contributed by atoms with van der Waals surface area (Å²) in [6, 6.07) is -0.394. The van der Waals surface area contributed by atoms with Crippen LogP contribution in [0.4, 0.5) is 0 Å². The van der Waals surface area contributed by atoms with Gasteiger partial charge in [0.05, 0.1) is 0 Å². The predicted octanol–water partition coefficient (Wildman–Crippen LogP) is -0.00980. The third kappa shape index (κ3) is 5.52. The largest absolute Gasteiger partial charge is 0.357 e. The van der Waals surface area contributed by atoms with Gasteiger partial charge in [-0.15, -0.1) is 0 Å². The molecule has 0 aromatic carbocycles. The average Bonchev–Trinajstić information content (AvgIpc) is 2.10. The van der Waals surface area contributed by atoms with Gasteiger partial charge in [-0.2, -0.15) is 11.8 Å². The van der Waals surface area contributed by atoms with Gasteiger partial charge in [0.2, 0.25) is 11.8 Å². The summed E-state index contributed by atoms with van der Waals surface area (Å²) >= 11 is 1.65. The molecule has 0 fully saturated rings. The van der Waals surface area contributed by atoms with Crippen LogP contribution in [0.3, 0.4) is 0 Å². The molecule has 0 unspecified atom stereocenters. The first-order valence-electron chi connectivity index (χ1n) is 4.09. The van der Waals surface area contributed by atoms with E-state index in [1.165, 1.54) is 6.92 Å². The van der Waals surface area contributed by atoms with Crippen LogP contribution in [0.5, 0.6) is 0 Å². The summed E-state index contributed by atoms with van der Waals surface area (Å²) in [6.07, 6.45) is 2.63. The van der Waals surface area contributed by atoms with E-state index in [2.05, 4.69) is 10.6 Å². The Bertz CT molecular complexity index is 185. The Kier molecular flexibility index (Phi) is 6.40. The average molecular weight is 204 g/mol. The molecule has 0 rings (SSSR count). The zero-order valence-electron chi connectivity index (χ0n) is 8.22. The second-order valence-corrected chi connectivity index (χ2v) is 3.63. The van der Waals surface area contributed by atoms with Crippen LogP contribution in [-0.2, 0) is 9.59 Å². The zero-order valence-corrected chi connectivity index (χ0v) is 9.03. The van der Waals surface area contributed by atoms with Gasteiger partial charge < -0.3 is 10.6 Å². The Morgan fingerprint density at radius 3 is 2.46 bits per heavy atom. The molecule has 0 aliphatic heterocycles. The summed E-state index contributed by atoms with van der Waals surface area (Å²) in [6.45, 7) is 1.41. The summed E-state index contributed by atoms with van der Waals surface area (Å²) in [5.74, 6) is 0.553. The van der Waals surface area contributed by atoms with Gasteiger partial charge in [-0.25, -0.2) is 0 Å². The van der Waals surface area contributed by atoms with Gasteiger partial charge in [-0.1, -0.05) is 0 Å². The van der Waals surface area contributed by atoms with E-state index in [0.29, 0.717) is 6.42 Å². The molecular weight excluding hydrogens is 188 g/mol. The molecule has 0 aromatic rings. The molecule has 0 aromatic heterocycles. The molecule has 2 amide bonds. The fraction of sp³-hybridized carbons (Fsp3) is 0.750. The second kappa shape index (κ2) is 6.77. The van der Waals surface area contributed by atoms with Crippen molar-refractivity contribution in [1.82, 2.24) is 10.6 Å². The van der Waals surface area contributed by atoms with E-state index in [-0.39, 0.29) is 11.8 Å². The third-order valence-corrected chi connectivity index (χ3v) is 2.19. The van der Waals surface area contributed by atoms with Crippen molar-refractivity contribution in [3.8, 4) is 0 Å². The van der Waals surface area contributed by atoms with Crippen LogP contribution < -0.4 is 10.6 Å². The van der Waals surface area contributed by atoms with Crippen molar-refractivity contribution in [2.45, 2.75) is 19.4 Å². The van der Waals surface area contributed by atoms with Crippen LogP contribution in [0.15, 0.2) is 0 Å². The van der Waals surface area contributed by atoms with Crippen molar-refractivity contribution in [3.05, 3.63) is 0 Å². The smallest absolute Gasteiger partial charge is 0.242 e. The number of nitrogens with one attached hydrogen (secondary N) is 2. The molecular formula is C8H16N2O2S. The lowest BCUT2D eigenvalue weighted by Crippen LogP contribution is -2.45. The van der Waals surface area contributed by atoms with Crippen molar-refractivity contribution in [3.63, 3.8) is 0 Å². The number of rotatable bonds is 5. The molecule has 1 atom stereocenters. The predicted molar refractivity (Wildman–Crippen MR) is 54.7 cm³/mol. The molecule has 76 valence electrons. The van der Waals surface area contributed by atoms with E-state index in [1.54, 1.807) is 18.8 Å². The van der Waals surface area contributed by atoms with Crippen LogP contribution in [-0.4, -0.2) is 36.9 Å². The molecule has 0 aliphatic rings. The highest BCUT2D eigenvalue weighted by atomic mass is 32.2. The molecule has 2 N–H and O–H groups in total. The van der Waals surface area contributed by atoms with Gasteiger partial charge in [-0.05, 0) is 18.4 Å². The minimum absolute atomic E-state index is 0.135. The number of amides is 2. The number of carbonyl (C=O) groups is 2. The lowest BCUT2D eigenvalue weighted by atomic mass is 10.2. The summed E-state index contributed by atoms with van der Waals surface area (Å²) in [7, 11) is 1.57. The maximum absolute atomic E-state index is 11.2. The maximum Gasteiger partial charge on any atom is 0.242 e. The first-order valence-corrected chi connectivity index (χ1v) is 5.48. The Morgan fingerprint density at radius 2 is 2.08 bits per heavy atom. The molecule has 0 aliphatic carbocycles. The van der Waals surface area contributed by atoms with Crippen molar-refractivity contribution in [1.29, 1.82) is 0 Å². The fourth-order valence-electron chi connectivity index (χ4n) is 0.924. The number of likely N-dealkylation sites (N-methyl/N-ethyl adjacent to an activating group) is 1. The van der Waals surface area contributed by atoms with E-state index < -0.39 is 6.04 Å². The zero-order chi connectivity index (χ0) is 10.3. The summed E-state index contributed by atoms with van der Waals surface area (Å²) in [4.78, 5) is 22.0. The highest BCUT2D eigenvalue weighted by molar-refractivity contribution is 7.98. The molecule has 0 bridgehead atoms. The molecule has 0 saturated carbocycles. The summed E-state index contributed by atoms with van der Waals surface area (Å²) in [5.41, 5.74) is 0. The molecule has 0 spiro atoms. The first kappa shape index (κ1) is 12.3. The minimum Gasteiger partial charge on any atom is -0.357 e. The minimum atomic E-state index is -0.394. The van der Waals surface area contributed by atoms with Gasteiger partial charge in [0, 0.05) is 14.0 Å². The molecule has 0 saturated heterocycles. The molecule has 4 nitrogen and oxygen atoms in total. The van der Waals surface area contributed by atoms with Gasteiger partial charge in [0.1, 0.15) is 6.04 Å². The third-order valence-electron chi connectivity index (χ3n) is 1.55. The van der Waals surface area contributed by atoms with E-state index in [1.807, 2.05) is 6.26 Å². The summed E-state index contributed by atoms with van der Waals surface area (Å²) in [5, 5.41) is 5.12. The number of hydrogen-bond acceptors (Lipinski definition) is 3. The van der Waals surface area contributed by atoms with E-state index in [4.69, 9.17) is 0 Å². The number of carbonyl (C=O) groups excluding carboxylic acids is 2. The van der Waals surface area contributed by atoms with Crippen LogP contribution in [0.25, 0.3) is 0 Å². The normalized spacial score (nSPS) is 11.9. The lowest BCUT2D eigenvalue weighted by molar-refractivity contribution is -0.127. The molecule has 0 radical (unpaired) electrons. The van der Waals surface area contributed by atoms with Crippen molar-refractivity contribution < 1.29 is 9.59 Å². The van der Waals surface area contributed by atoms with Gasteiger partial charge >= 0.3 is 0 Å². The number of hydrogen-bond donors (Lipinski definition) is 2. The van der Waals surface area contributed by atoms with E-state index in [0.717, 1.165) is 5.75 Å². The van der Waals surface area contributed by atoms with Crippen LogP contribution in [0.1, 0.15) is 13.3 Å². The Labute approximate surface area is 82.8 Å². The van der Waals surface area contributed by atoms with Gasteiger partial charge in [0.25, 0.3) is 0 Å². The van der Waals surface area contributed by atoms with Crippen molar-refractivity contribution in [2.24, 2.45) is 0 Å². The lowest BCUT2D eigenvalue weighted by Gasteiger charge is -2.15. The fourth-order valence-corrected chi connectivity index (χ4v) is 1.40. The molecule has 0 heterocycles. The van der Waals surface area contributed by atoms with Crippen molar-refractivity contribution >= 4 is 23.6 Å². The maximum atomic E-state index is 11.2. The monoisotopic (exact) mass is 204 g/mol. The molecule has 5 heteroatoms. The molecule has 13 heavy (non-hydrogen) atoms. The van der Waals surface area contributed by atoms with Crippen molar-refractivity contribution in [2.75, 3.05) is 19.1 Å². The quantitative estimate of drug-likeness (QED) is 0.662. The van der Waals surface area contributed by atoms with E-state index in [9.17, 15) is 9.59 Å². The van der Waals surface area contributed by atoms with Crippen LogP contribution >= 0.6 is 11.8 Å². The Morgan fingerprint density at radius 1 is 1.46 bits per heavy atom. The highest BCUT2D eigenvalue weighted by Crippen LogP contribution is 2.00. The topological polar surface area (TPSA) is 58.2 Å². The van der Waals surface area contributed by atoms with Gasteiger partial charge in [-0.3, -0.25) is 9.59 Å². The van der Waals surface area contributed by atoms with Crippen LogP contribution in [0.2, 0.25) is 0 Å². The van der Waals surface area contributed by atoms with Gasteiger partial charge in [0.15, 0.2) is 0 Å². The number of thioether (sulfide) groups is 1. The van der Waals surface area contributed by atoms with Crippen LogP contribution in [0, 0.1) is 0 Å². The first-order chi connectivity index (χ1) is 6.11. The second-order valence-electron chi connectivity index (χ2n) is 2.65. The standard InChI is InChI=1S/C8H16N2O2S/c1-6(11)10-7(4-5-13-3)8(12)9-2/h7H,4-5H2,1-3H3,(H,9,12)(H,10,11)/t7-/m1/s1. The summed E-state index contributed by atoms with van der Waals surface area (Å²) < 4.78 is 0. The highest BCUT2D eigenvalue weighted by Gasteiger charge is 2.16. The van der Waals surface area contributed by atoms with E-state index >= 15 is 0 Å².